The van der Waals surface area contributed by atoms with Crippen molar-refractivity contribution in [1.82, 2.24) is 30.0 Å². The van der Waals surface area contributed by atoms with E-state index in [2.05, 4.69) is 30.7 Å². The lowest BCUT2D eigenvalue weighted by Crippen LogP contribution is -2.42. The zero-order valence-corrected chi connectivity index (χ0v) is 16.8. The molecule has 2 atom stereocenters. The summed E-state index contributed by atoms with van der Waals surface area (Å²) in [5.41, 5.74) is 2.46. The number of halogens is 1. The Balaban J connectivity index is 1.33. The zero-order chi connectivity index (χ0) is 19.8. The molecular formula is C20H22ClN7O. The van der Waals surface area contributed by atoms with Gasteiger partial charge in [-0.15, -0.1) is 0 Å². The van der Waals surface area contributed by atoms with Crippen molar-refractivity contribution < 1.29 is 4.74 Å². The summed E-state index contributed by atoms with van der Waals surface area (Å²) < 4.78 is 7.92. The van der Waals surface area contributed by atoms with Crippen LogP contribution in [0.5, 0.6) is 5.88 Å². The van der Waals surface area contributed by atoms with Crippen molar-refractivity contribution in [1.29, 1.82) is 0 Å². The lowest BCUT2D eigenvalue weighted by molar-refractivity contribution is 0.131. The average molecular weight is 412 g/mol. The smallest absolute Gasteiger partial charge is 0.221 e. The fraction of sp³-hybridized carbons (Fsp3) is 0.400. The summed E-state index contributed by atoms with van der Waals surface area (Å²) >= 11 is 6.48. The number of piperidine rings is 1. The minimum absolute atomic E-state index is 0.195. The van der Waals surface area contributed by atoms with Crippen LogP contribution < -0.4 is 15.4 Å². The van der Waals surface area contributed by atoms with E-state index >= 15 is 0 Å². The van der Waals surface area contributed by atoms with Crippen LogP contribution in [0.3, 0.4) is 0 Å². The van der Waals surface area contributed by atoms with E-state index in [4.69, 9.17) is 16.3 Å². The Kier molecular flexibility index (Phi) is 4.81. The average Bonchev–Trinajstić information content (AvgIpc) is 3.36. The third kappa shape index (κ3) is 3.77. The minimum Gasteiger partial charge on any atom is -0.474 e. The van der Waals surface area contributed by atoms with Gasteiger partial charge in [-0.2, -0.15) is 5.10 Å². The number of aromatic nitrogens is 5. The molecular weight excluding hydrogens is 390 g/mol. The number of ether oxygens (including phenoxy) is 1. The molecule has 0 saturated carbocycles. The van der Waals surface area contributed by atoms with Gasteiger partial charge in [-0.1, -0.05) is 11.6 Å². The fourth-order valence-corrected chi connectivity index (χ4v) is 4.38. The van der Waals surface area contributed by atoms with Gasteiger partial charge in [0.15, 0.2) is 0 Å². The van der Waals surface area contributed by atoms with E-state index in [0.29, 0.717) is 28.8 Å². The number of fused-ring (bicyclic) bond motifs is 2. The topological polar surface area (TPSA) is 89.8 Å². The summed E-state index contributed by atoms with van der Waals surface area (Å²) in [6.07, 6.45) is 9.37. The second kappa shape index (κ2) is 7.61. The van der Waals surface area contributed by atoms with E-state index < -0.39 is 0 Å². The molecule has 0 spiro atoms. The second-order valence-corrected chi connectivity index (χ2v) is 8.04. The van der Waals surface area contributed by atoms with E-state index in [0.717, 1.165) is 29.8 Å². The Morgan fingerprint density at radius 2 is 2.00 bits per heavy atom. The Morgan fingerprint density at radius 3 is 2.72 bits per heavy atom. The number of anilines is 2. The van der Waals surface area contributed by atoms with Gasteiger partial charge < -0.3 is 15.4 Å². The molecule has 2 saturated heterocycles. The van der Waals surface area contributed by atoms with Crippen LogP contribution in [0.1, 0.15) is 31.2 Å². The Labute approximate surface area is 173 Å². The van der Waals surface area contributed by atoms with Crippen molar-refractivity contribution in [3.63, 3.8) is 0 Å². The quantitative estimate of drug-likeness (QED) is 0.664. The van der Waals surface area contributed by atoms with E-state index in [1.165, 1.54) is 25.5 Å². The van der Waals surface area contributed by atoms with Crippen LogP contribution >= 0.6 is 11.6 Å². The van der Waals surface area contributed by atoms with Gasteiger partial charge in [0, 0.05) is 12.1 Å². The van der Waals surface area contributed by atoms with Crippen LogP contribution in [0.2, 0.25) is 5.02 Å². The molecule has 0 amide bonds. The summed E-state index contributed by atoms with van der Waals surface area (Å²) in [5, 5.41) is 11.6. The fourth-order valence-electron chi connectivity index (χ4n) is 4.15. The number of nitrogens with one attached hydrogen (secondary N) is 2. The minimum atomic E-state index is 0.195. The van der Waals surface area contributed by atoms with Crippen LogP contribution in [-0.2, 0) is 0 Å². The van der Waals surface area contributed by atoms with Crippen LogP contribution in [0.4, 0.5) is 11.5 Å². The largest absolute Gasteiger partial charge is 0.474 e. The monoisotopic (exact) mass is 411 g/mol. The van der Waals surface area contributed by atoms with Gasteiger partial charge in [0.1, 0.15) is 30.9 Å². The summed E-state index contributed by atoms with van der Waals surface area (Å²) in [6, 6.07) is 6.78. The molecule has 3 aromatic rings. The van der Waals surface area contributed by atoms with Crippen molar-refractivity contribution in [3.8, 4) is 11.6 Å². The molecule has 2 aromatic heterocycles. The summed E-state index contributed by atoms with van der Waals surface area (Å²) in [7, 11) is 0. The van der Waals surface area contributed by atoms with Crippen molar-refractivity contribution in [2.45, 2.75) is 50.8 Å². The molecule has 2 fully saturated rings. The molecule has 2 N–H and O–H groups in total. The maximum Gasteiger partial charge on any atom is 0.221 e. The molecule has 150 valence electrons. The zero-order valence-electron chi connectivity index (χ0n) is 16.0. The highest BCUT2D eigenvalue weighted by Gasteiger charge is 2.35. The Hall–Kier alpha value is -2.71. The molecule has 29 heavy (non-hydrogen) atoms. The van der Waals surface area contributed by atoms with Crippen molar-refractivity contribution in [2.24, 2.45) is 0 Å². The predicted molar refractivity (Wildman–Crippen MR) is 110 cm³/mol. The lowest BCUT2D eigenvalue weighted by Gasteiger charge is -2.29. The highest BCUT2D eigenvalue weighted by atomic mass is 35.5. The molecule has 0 radical (unpaired) electrons. The van der Waals surface area contributed by atoms with Crippen LogP contribution in [0.25, 0.3) is 5.69 Å². The molecule has 9 heteroatoms. The van der Waals surface area contributed by atoms with E-state index in [1.807, 2.05) is 25.1 Å². The van der Waals surface area contributed by atoms with Gasteiger partial charge in [-0.3, -0.25) is 0 Å². The molecule has 2 aliphatic heterocycles. The van der Waals surface area contributed by atoms with Crippen molar-refractivity contribution in [3.05, 3.63) is 47.8 Å². The number of hydrogen-bond acceptors (Lipinski definition) is 7. The van der Waals surface area contributed by atoms with E-state index in [1.54, 1.807) is 11.0 Å². The molecule has 5 rings (SSSR count). The second-order valence-electron chi connectivity index (χ2n) is 7.63. The first-order chi connectivity index (χ1) is 14.2. The standard InChI is InChI=1S/C20H22ClN7O/c1-12-19(27-18-5-4-15(8-17(18)21)28-11-22-9-25-28)23-10-24-20(12)29-16-6-13-2-3-14(7-16)26-13/h4-5,8-11,13-14,16,26H,2-3,6-7H2,1H3,(H,23,24,27). The maximum absolute atomic E-state index is 6.48. The Morgan fingerprint density at radius 1 is 1.17 bits per heavy atom. The number of rotatable bonds is 5. The SMILES string of the molecule is Cc1c(Nc2ccc(-n3cncn3)cc2Cl)ncnc1OC1CC2CCC(C1)N2. The highest BCUT2D eigenvalue weighted by Crippen LogP contribution is 2.33. The van der Waals surface area contributed by atoms with Gasteiger partial charge in [-0.05, 0) is 50.8 Å². The van der Waals surface area contributed by atoms with E-state index in [-0.39, 0.29) is 6.10 Å². The van der Waals surface area contributed by atoms with Gasteiger partial charge >= 0.3 is 0 Å². The third-order valence-electron chi connectivity index (χ3n) is 5.63. The molecule has 0 aliphatic carbocycles. The molecule has 1 aromatic carbocycles. The molecule has 2 bridgehead atoms. The van der Waals surface area contributed by atoms with E-state index in [9.17, 15) is 0 Å². The third-order valence-corrected chi connectivity index (χ3v) is 5.95. The van der Waals surface area contributed by atoms with Crippen molar-refractivity contribution >= 4 is 23.1 Å². The highest BCUT2D eigenvalue weighted by molar-refractivity contribution is 6.33. The van der Waals surface area contributed by atoms with Gasteiger partial charge in [0.2, 0.25) is 5.88 Å². The first kappa shape index (κ1) is 18.3. The number of hydrogen-bond donors (Lipinski definition) is 2. The van der Waals surface area contributed by atoms with Crippen molar-refractivity contribution in [2.75, 3.05) is 5.32 Å². The first-order valence-corrected chi connectivity index (χ1v) is 10.2. The molecule has 4 heterocycles. The predicted octanol–water partition coefficient (Wildman–Crippen LogP) is 3.42. The summed E-state index contributed by atoms with van der Waals surface area (Å²) in [5.74, 6) is 1.31. The van der Waals surface area contributed by atoms with Crippen LogP contribution in [-0.4, -0.2) is 42.9 Å². The molecule has 8 nitrogen and oxygen atoms in total. The normalized spacial score (nSPS) is 23.2. The summed E-state index contributed by atoms with van der Waals surface area (Å²) in [6.45, 7) is 1.96. The van der Waals surface area contributed by atoms with Gasteiger partial charge in [0.05, 0.1) is 22.0 Å². The number of nitrogens with zero attached hydrogens (tertiary/aromatic N) is 5. The number of benzene rings is 1. The lowest BCUT2D eigenvalue weighted by atomic mass is 10.0. The Bertz CT molecular complexity index is 998. The van der Waals surface area contributed by atoms with Gasteiger partial charge in [0.25, 0.3) is 0 Å². The van der Waals surface area contributed by atoms with Crippen LogP contribution in [0.15, 0.2) is 37.2 Å². The molecule has 2 unspecified atom stereocenters. The summed E-state index contributed by atoms with van der Waals surface area (Å²) in [4.78, 5) is 12.7. The first-order valence-electron chi connectivity index (χ1n) is 9.81. The van der Waals surface area contributed by atoms with Crippen LogP contribution in [0, 0.1) is 6.92 Å². The maximum atomic E-state index is 6.48. The van der Waals surface area contributed by atoms with Gasteiger partial charge in [-0.25, -0.2) is 19.6 Å². The molecule has 2 aliphatic rings.